The fraction of sp³-hybridized carbons (Fsp3) is 0.800. The van der Waals surface area contributed by atoms with E-state index in [0.29, 0.717) is 11.1 Å². The van der Waals surface area contributed by atoms with Crippen molar-refractivity contribution in [2.45, 2.75) is 63.8 Å². The highest BCUT2D eigenvalue weighted by Gasteiger charge is 2.34. The molecule has 4 nitrogen and oxygen atoms in total. The molecule has 1 rings (SSSR count). The molecule has 1 fully saturated rings. The van der Waals surface area contributed by atoms with Crippen molar-refractivity contribution in [3.05, 3.63) is 12.2 Å². The third kappa shape index (κ3) is 5.77. The van der Waals surface area contributed by atoms with E-state index in [-0.39, 0.29) is 13.2 Å². The lowest BCUT2D eigenvalue weighted by atomic mass is 10.0. The molecule has 0 heterocycles. The average Bonchev–Trinajstić information content (AvgIpc) is 2.43. The van der Waals surface area contributed by atoms with Crippen LogP contribution in [0.3, 0.4) is 0 Å². The fourth-order valence-corrected chi connectivity index (χ4v) is 5.23. The van der Waals surface area contributed by atoms with Crippen molar-refractivity contribution in [3.63, 3.8) is 0 Å². The van der Waals surface area contributed by atoms with E-state index in [0.717, 1.165) is 0 Å². The van der Waals surface area contributed by atoms with E-state index >= 15 is 0 Å². The van der Waals surface area contributed by atoms with Crippen LogP contribution in [0.5, 0.6) is 0 Å². The van der Waals surface area contributed by atoms with E-state index in [1.165, 1.54) is 32.1 Å². The SMILES string of the molecule is C=C(C)C(=O)OCC(O)CO[Si](C)(C)C1CCCCC1. The van der Waals surface area contributed by atoms with Gasteiger partial charge in [-0.3, -0.25) is 0 Å². The Labute approximate surface area is 123 Å². The van der Waals surface area contributed by atoms with Crippen molar-refractivity contribution in [1.82, 2.24) is 0 Å². The predicted molar refractivity (Wildman–Crippen MR) is 82.0 cm³/mol. The topological polar surface area (TPSA) is 55.8 Å². The maximum Gasteiger partial charge on any atom is 0.333 e. The van der Waals surface area contributed by atoms with Crippen molar-refractivity contribution in [2.75, 3.05) is 13.2 Å². The summed E-state index contributed by atoms with van der Waals surface area (Å²) in [4.78, 5) is 11.2. The molecule has 1 aliphatic rings. The summed E-state index contributed by atoms with van der Waals surface area (Å²) < 4.78 is 10.9. The highest BCUT2D eigenvalue weighted by atomic mass is 28.4. The summed E-state index contributed by atoms with van der Waals surface area (Å²) in [6.07, 6.45) is 5.67. The summed E-state index contributed by atoms with van der Waals surface area (Å²) in [5.74, 6) is -0.465. The Bertz CT molecular complexity index is 335. The number of aliphatic hydroxyl groups is 1. The standard InChI is InChI=1S/C15H28O4Si/c1-12(2)15(17)18-10-13(16)11-19-20(3,4)14-8-6-5-7-9-14/h13-14,16H,1,5-11H2,2-4H3. The lowest BCUT2D eigenvalue weighted by molar-refractivity contribution is -0.142. The molecule has 0 amide bonds. The van der Waals surface area contributed by atoms with Crippen LogP contribution in [-0.2, 0) is 14.0 Å². The number of esters is 1. The molecule has 0 aromatic heterocycles. The number of ether oxygens (including phenoxy) is 1. The molecular formula is C15H28O4Si. The van der Waals surface area contributed by atoms with Crippen LogP contribution in [0.4, 0.5) is 0 Å². The summed E-state index contributed by atoms with van der Waals surface area (Å²) >= 11 is 0. The lowest BCUT2D eigenvalue weighted by Crippen LogP contribution is -2.40. The van der Waals surface area contributed by atoms with Crippen LogP contribution in [-0.4, -0.2) is 38.7 Å². The minimum Gasteiger partial charge on any atom is -0.460 e. The molecule has 0 bridgehead atoms. The Morgan fingerprint density at radius 2 is 1.90 bits per heavy atom. The molecular weight excluding hydrogens is 272 g/mol. The number of carbonyl (C=O) groups excluding carboxylic acids is 1. The maximum absolute atomic E-state index is 11.2. The Morgan fingerprint density at radius 1 is 1.30 bits per heavy atom. The molecule has 0 aromatic carbocycles. The predicted octanol–water partition coefficient (Wildman–Crippen LogP) is 3.02. The van der Waals surface area contributed by atoms with Gasteiger partial charge >= 0.3 is 5.97 Å². The highest BCUT2D eigenvalue weighted by Crippen LogP contribution is 2.37. The van der Waals surface area contributed by atoms with Crippen LogP contribution < -0.4 is 0 Å². The van der Waals surface area contributed by atoms with Crippen LogP contribution in [0, 0.1) is 0 Å². The normalized spacial score (nSPS) is 18.6. The van der Waals surface area contributed by atoms with Gasteiger partial charge in [-0.25, -0.2) is 4.79 Å². The van der Waals surface area contributed by atoms with Crippen LogP contribution >= 0.6 is 0 Å². The first kappa shape index (κ1) is 17.4. The first-order valence-corrected chi connectivity index (χ1v) is 10.5. The Kier molecular flexibility index (Phi) is 6.92. The molecule has 0 aromatic rings. The minimum atomic E-state index is -1.76. The van der Waals surface area contributed by atoms with Crippen LogP contribution in [0.2, 0.25) is 18.6 Å². The maximum atomic E-state index is 11.2. The van der Waals surface area contributed by atoms with Gasteiger partial charge in [0.1, 0.15) is 12.7 Å². The molecule has 1 atom stereocenters. The summed E-state index contributed by atoms with van der Waals surface area (Å²) in [5, 5.41) is 9.83. The van der Waals surface area contributed by atoms with Gasteiger partial charge in [0.05, 0.1) is 6.61 Å². The van der Waals surface area contributed by atoms with Crippen molar-refractivity contribution in [2.24, 2.45) is 0 Å². The van der Waals surface area contributed by atoms with Crippen molar-refractivity contribution in [3.8, 4) is 0 Å². The summed E-state index contributed by atoms with van der Waals surface area (Å²) in [6, 6.07) is 0. The van der Waals surface area contributed by atoms with Gasteiger partial charge in [-0.1, -0.05) is 38.7 Å². The molecule has 20 heavy (non-hydrogen) atoms. The third-order valence-corrected chi connectivity index (χ3v) is 7.45. The molecule has 0 radical (unpaired) electrons. The monoisotopic (exact) mass is 300 g/mol. The summed E-state index contributed by atoms with van der Waals surface area (Å²) in [5.41, 5.74) is 1.02. The van der Waals surface area contributed by atoms with Crippen molar-refractivity contribution in [1.29, 1.82) is 0 Å². The Morgan fingerprint density at radius 3 is 2.45 bits per heavy atom. The smallest absolute Gasteiger partial charge is 0.333 e. The molecule has 1 saturated carbocycles. The zero-order valence-electron chi connectivity index (χ0n) is 13.0. The zero-order chi connectivity index (χ0) is 15.2. The van der Waals surface area contributed by atoms with Gasteiger partial charge in [-0.2, -0.15) is 0 Å². The zero-order valence-corrected chi connectivity index (χ0v) is 14.0. The summed E-state index contributed by atoms with van der Waals surface area (Å²) in [6.45, 7) is 9.74. The van der Waals surface area contributed by atoms with Gasteiger partial charge in [0.25, 0.3) is 0 Å². The second-order valence-electron chi connectivity index (χ2n) is 6.28. The number of hydrogen-bond donors (Lipinski definition) is 1. The highest BCUT2D eigenvalue weighted by molar-refractivity contribution is 6.72. The van der Waals surface area contributed by atoms with E-state index < -0.39 is 20.4 Å². The second-order valence-corrected chi connectivity index (χ2v) is 10.6. The average molecular weight is 300 g/mol. The van der Waals surface area contributed by atoms with Gasteiger partial charge in [0.2, 0.25) is 0 Å². The molecule has 0 spiro atoms. The second kappa shape index (κ2) is 7.95. The first-order chi connectivity index (χ1) is 9.33. The van der Waals surface area contributed by atoms with E-state index in [9.17, 15) is 9.90 Å². The van der Waals surface area contributed by atoms with E-state index in [1.54, 1.807) is 6.92 Å². The van der Waals surface area contributed by atoms with Crippen molar-refractivity contribution < 1.29 is 19.1 Å². The van der Waals surface area contributed by atoms with Crippen molar-refractivity contribution >= 4 is 14.3 Å². The van der Waals surface area contributed by atoms with E-state index in [4.69, 9.17) is 9.16 Å². The van der Waals surface area contributed by atoms with Crippen LogP contribution in [0.15, 0.2) is 12.2 Å². The van der Waals surface area contributed by atoms with Gasteiger partial charge in [0.15, 0.2) is 8.32 Å². The van der Waals surface area contributed by atoms with Gasteiger partial charge in [-0.05, 0) is 25.6 Å². The summed E-state index contributed by atoms with van der Waals surface area (Å²) in [7, 11) is -1.76. The Hall–Kier alpha value is -0.653. The van der Waals surface area contributed by atoms with E-state index in [1.807, 2.05) is 0 Å². The molecule has 1 aliphatic carbocycles. The van der Waals surface area contributed by atoms with Crippen LogP contribution in [0.25, 0.3) is 0 Å². The largest absolute Gasteiger partial charge is 0.460 e. The lowest BCUT2D eigenvalue weighted by Gasteiger charge is -2.35. The Balaban J connectivity index is 2.29. The molecule has 1 unspecified atom stereocenters. The number of carbonyl (C=O) groups is 1. The molecule has 116 valence electrons. The van der Waals surface area contributed by atoms with Gasteiger partial charge in [0, 0.05) is 5.57 Å². The van der Waals surface area contributed by atoms with Gasteiger partial charge < -0.3 is 14.3 Å². The fourth-order valence-electron chi connectivity index (χ4n) is 2.57. The molecule has 0 saturated heterocycles. The third-order valence-electron chi connectivity index (χ3n) is 3.99. The number of aliphatic hydroxyl groups excluding tert-OH is 1. The quantitative estimate of drug-likeness (QED) is 0.446. The molecule has 1 N–H and O–H groups in total. The number of rotatable bonds is 7. The van der Waals surface area contributed by atoms with Crippen LogP contribution in [0.1, 0.15) is 39.0 Å². The molecule has 0 aliphatic heterocycles. The van der Waals surface area contributed by atoms with Gasteiger partial charge in [-0.15, -0.1) is 0 Å². The molecule has 5 heteroatoms. The minimum absolute atomic E-state index is 0.0269. The van der Waals surface area contributed by atoms with E-state index in [2.05, 4.69) is 19.7 Å². The first-order valence-electron chi connectivity index (χ1n) is 7.47. The number of hydrogen-bond acceptors (Lipinski definition) is 4.